The minimum absolute atomic E-state index is 0.00353. The van der Waals surface area contributed by atoms with Crippen LogP contribution in [0, 0.1) is 0 Å². The number of hydrogen-bond donors (Lipinski definition) is 2. The topological polar surface area (TPSA) is 72.1 Å². The van der Waals surface area contributed by atoms with Gasteiger partial charge in [0.15, 0.2) is 0 Å². The summed E-state index contributed by atoms with van der Waals surface area (Å²) < 4.78 is 3.35. The molecule has 0 radical (unpaired) electrons. The van der Waals surface area contributed by atoms with E-state index in [4.69, 9.17) is 5.11 Å². The van der Waals surface area contributed by atoms with E-state index in [1.807, 2.05) is 13.1 Å². The fourth-order valence-electron chi connectivity index (χ4n) is 1.81. The number of aliphatic hydroxyl groups excluding tert-OH is 1. The van der Waals surface area contributed by atoms with Crippen molar-refractivity contribution in [2.24, 2.45) is 0 Å². The van der Waals surface area contributed by atoms with Crippen LogP contribution in [-0.2, 0) is 19.6 Å². The predicted octanol–water partition coefficient (Wildman–Crippen LogP) is 0.669. The molecule has 0 atom stereocenters. The number of nitrogens with zero attached hydrogens (tertiary/aromatic N) is 3. The quantitative estimate of drug-likeness (QED) is 0.802. The highest BCUT2D eigenvalue weighted by atomic mass is 16.3. The standard InChI is InChI=1S/C13H18N4O2/c1-2-16-10-12(3-4-13(16)19)14-7-11-8-15-17(9-11)5-6-18/h3-4,8-10,14,18H,2,5-7H2,1H3. The first-order valence-electron chi connectivity index (χ1n) is 6.29. The van der Waals surface area contributed by atoms with Crippen LogP contribution in [0.2, 0.25) is 0 Å². The van der Waals surface area contributed by atoms with Crippen molar-refractivity contribution in [1.29, 1.82) is 0 Å². The molecule has 0 aromatic carbocycles. The molecule has 0 amide bonds. The molecule has 0 aliphatic rings. The first kappa shape index (κ1) is 13.4. The highest BCUT2D eigenvalue weighted by Gasteiger charge is 2.00. The van der Waals surface area contributed by atoms with E-state index in [-0.39, 0.29) is 12.2 Å². The third kappa shape index (κ3) is 3.45. The third-order valence-electron chi connectivity index (χ3n) is 2.84. The molecule has 2 N–H and O–H groups in total. The number of aromatic nitrogens is 3. The van der Waals surface area contributed by atoms with Gasteiger partial charge in [0.2, 0.25) is 0 Å². The van der Waals surface area contributed by atoms with Gasteiger partial charge in [-0.3, -0.25) is 9.48 Å². The molecule has 0 unspecified atom stereocenters. The highest BCUT2D eigenvalue weighted by Crippen LogP contribution is 2.06. The molecule has 0 spiro atoms. The normalized spacial score (nSPS) is 10.6. The van der Waals surface area contributed by atoms with Gasteiger partial charge in [-0.05, 0) is 13.0 Å². The van der Waals surface area contributed by atoms with Crippen LogP contribution in [-0.4, -0.2) is 26.1 Å². The van der Waals surface area contributed by atoms with Crippen molar-refractivity contribution in [2.75, 3.05) is 11.9 Å². The summed E-state index contributed by atoms with van der Waals surface area (Å²) in [6, 6.07) is 3.33. The summed E-state index contributed by atoms with van der Waals surface area (Å²) in [5.41, 5.74) is 1.93. The fraction of sp³-hybridized carbons (Fsp3) is 0.385. The maximum Gasteiger partial charge on any atom is 0.250 e. The van der Waals surface area contributed by atoms with Crippen LogP contribution in [0.15, 0.2) is 35.5 Å². The molecule has 19 heavy (non-hydrogen) atoms. The molecule has 0 aliphatic carbocycles. The van der Waals surface area contributed by atoms with Crippen LogP contribution in [0.4, 0.5) is 5.69 Å². The summed E-state index contributed by atoms with van der Waals surface area (Å²) >= 11 is 0. The van der Waals surface area contributed by atoms with E-state index in [0.29, 0.717) is 19.6 Å². The molecule has 102 valence electrons. The molecule has 0 bridgehead atoms. The van der Waals surface area contributed by atoms with Crippen LogP contribution in [0.3, 0.4) is 0 Å². The van der Waals surface area contributed by atoms with Gasteiger partial charge in [-0.1, -0.05) is 0 Å². The van der Waals surface area contributed by atoms with Gasteiger partial charge in [0.25, 0.3) is 5.56 Å². The van der Waals surface area contributed by atoms with E-state index in [2.05, 4.69) is 10.4 Å². The summed E-state index contributed by atoms with van der Waals surface area (Å²) in [6.07, 6.45) is 5.46. The van der Waals surface area contributed by atoms with E-state index < -0.39 is 0 Å². The number of aryl methyl sites for hydroxylation is 1. The lowest BCUT2D eigenvalue weighted by atomic mass is 10.3. The molecule has 0 saturated carbocycles. The molecule has 0 saturated heterocycles. The minimum atomic E-state index is 0.00353. The average molecular weight is 262 g/mol. The Labute approximate surface area is 111 Å². The van der Waals surface area contributed by atoms with Crippen LogP contribution in [0.1, 0.15) is 12.5 Å². The number of nitrogens with one attached hydrogen (secondary N) is 1. The number of pyridine rings is 1. The van der Waals surface area contributed by atoms with Gasteiger partial charge in [-0.25, -0.2) is 0 Å². The van der Waals surface area contributed by atoms with Gasteiger partial charge in [-0.2, -0.15) is 5.10 Å². The Morgan fingerprint density at radius 3 is 2.95 bits per heavy atom. The zero-order valence-electron chi connectivity index (χ0n) is 10.9. The zero-order valence-corrected chi connectivity index (χ0v) is 10.9. The second-order valence-electron chi connectivity index (χ2n) is 4.23. The van der Waals surface area contributed by atoms with Gasteiger partial charge >= 0.3 is 0 Å². The zero-order chi connectivity index (χ0) is 13.7. The van der Waals surface area contributed by atoms with Crippen molar-refractivity contribution in [3.63, 3.8) is 0 Å². The van der Waals surface area contributed by atoms with E-state index in [1.165, 1.54) is 0 Å². The largest absolute Gasteiger partial charge is 0.394 e. The highest BCUT2D eigenvalue weighted by molar-refractivity contribution is 5.40. The summed E-state index contributed by atoms with van der Waals surface area (Å²) in [5.74, 6) is 0. The summed E-state index contributed by atoms with van der Waals surface area (Å²) in [7, 11) is 0. The number of aliphatic hydroxyl groups is 1. The smallest absolute Gasteiger partial charge is 0.250 e. The average Bonchev–Trinajstić information content (AvgIpc) is 2.86. The molecular weight excluding hydrogens is 244 g/mol. The van der Waals surface area contributed by atoms with Crippen molar-refractivity contribution in [3.8, 4) is 0 Å². The van der Waals surface area contributed by atoms with Crippen molar-refractivity contribution < 1.29 is 5.11 Å². The first-order chi connectivity index (χ1) is 9.22. The lowest BCUT2D eigenvalue weighted by Gasteiger charge is -2.07. The van der Waals surface area contributed by atoms with Crippen LogP contribution in [0.5, 0.6) is 0 Å². The van der Waals surface area contributed by atoms with Crippen LogP contribution in [0.25, 0.3) is 0 Å². The Hall–Kier alpha value is -2.08. The van der Waals surface area contributed by atoms with Crippen molar-refractivity contribution >= 4 is 5.69 Å². The maximum absolute atomic E-state index is 11.5. The molecule has 6 nitrogen and oxygen atoms in total. The fourth-order valence-corrected chi connectivity index (χ4v) is 1.81. The summed E-state index contributed by atoms with van der Waals surface area (Å²) in [5, 5.41) is 16.2. The van der Waals surface area contributed by atoms with Gasteiger partial charge in [-0.15, -0.1) is 0 Å². The van der Waals surface area contributed by atoms with E-state index in [0.717, 1.165) is 11.3 Å². The van der Waals surface area contributed by atoms with Crippen molar-refractivity contribution in [1.82, 2.24) is 14.3 Å². The lowest BCUT2D eigenvalue weighted by molar-refractivity contribution is 0.269. The van der Waals surface area contributed by atoms with Crippen LogP contribution >= 0.6 is 0 Å². The second kappa shape index (κ2) is 6.19. The monoisotopic (exact) mass is 262 g/mol. The predicted molar refractivity (Wildman–Crippen MR) is 73.0 cm³/mol. The maximum atomic E-state index is 11.5. The Morgan fingerprint density at radius 2 is 2.21 bits per heavy atom. The van der Waals surface area contributed by atoms with Gasteiger partial charge in [0.1, 0.15) is 0 Å². The van der Waals surface area contributed by atoms with Crippen molar-refractivity contribution in [3.05, 3.63) is 46.6 Å². The molecule has 0 fully saturated rings. The number of rotatable bonds is 6. The summed E-state index contributed by atoms with van der Waals surface area (Å²) in [4.78, 5) is 11.5. The Bertz CT molecular complexity index is 588. The molecule has 6 heteroatoms. The third-order valence-corrected chi connectivity index (χ3v) is 2.84. The lowest BCUT2D eigenvalue weighted by Crippen LogP contribution is -2.17. The Kier molecular flexibility index (Phi) is 4.35. The Morgan fingerprint density at radius 1 is 1.37 bits per heavy atom. The molecule has 2 rings (SSSR count). The number of anilines is 1. The molecular formula is C13H18N4O2. The second-order valence-corrected chi connectivity index (χ2v) is 4.23. The van der Waals surface area contributed by atoms with Crippen molar-refractivity contribution in [2.45, 2.75) is 26.6 Å². The van der Waals surface area contributed by atoms with Gasteiger partial charge < -0.3 is 15.0 Å². The van der Waals surface area contributed by atoms with E-state index in [9.17, 15) is 4.79 Å². The molecule has 2 aromatic heterocycles. The minimum Gasteiger partial charge on any atom is -0.394 e. The number of hydrogen-bond acceptors (Lipinski definition) is 4. The van der Waals surface area contributed by atoms with Crippen LogP contribution < -0.4 is 10.9 Å². The molecule has 2 heterocycles. The van der Waals surface area contributed by atoms with E-state index >= 15 is 0 Å². The summed E-state index contributed by atoms with van der Waals surface area (Å²) in [6.45, 7) is 3.80. The first-order valence-corrected chi connectivity index (χ1v) is 6.29. The van der Waals surface area contributed by atoms with Gasteiger partial charge in [0, 0.05) is 37.1 Å². The molecule has 2 aromatic rings. The Balaban J connectivity index is 1.99. The van der Waals surface area contributed by atoms with Gasteiger partial charge in [0.05, 0.1) is 25.0 Å². The molecule has 0 aliphatic heterocycles. The SMILES string of the molecule is CCn1cc(NCc2cnn(CCO)c2)ccc1=O. The van der Waals surface area contributed by atoms with E-state index in [1.54, 1.807) is 33.8 Å².